The van der Waals surface area contributed by atoms with Crippen molar-refractivity contribution < 1.29 is 19.0 Å². The van der Waals surface area contributed by atoms with Crippen molar-refractivity contribution in [2.24, 2.45) is 11.3 Å². The van der Waals surface area contributed by atoms with E-state index in [9.17, 15) is 4.79 Å². The molecule has 25 heavy (non-hydrogen) atoms. The van der Waals surface area contributed by atoms with Gasteiger partial charge in [-0.05, 0) is 25.3 Å². The van der Waals surface area contributed by atoms with Gasteiger partial charge in [-0.15, -0.1) is 12.4 Å². The van der Waals surface area contributed by atoms with Crippen LogP contribution in [0.15, 0.2) is 12.1 Å². The van der Waals surface area contributed by atoms with Gasteiger partial charge >= 0.3 is 0 Å². The van der Waals surface area contributed by atoms with Gasteiger partial charge in [0, 0.05) is 24.4 Å². The summed E-state index contributed by atoms with van der Waals surface area (Å²) in [5.74, 6) is 2.11. The molecule has 2 aliphatic rings. The summed E-state index contributed by atoms with van der Waals surface area (Å²) < 4.78 is 16.1. The number of anilines is 1. The Bertz CT molecular complexity index is 600. The molecule has 0 aromatic heterocycles. The first-order chi connectivity index (χ1) is 11.6. The van der Waals surface area contributed by atoms with Gasteiger partial charge in [-0.25, -0.2) is 0 Å². The first-order valence-corrected chi connectivity index (χ1v) is 8.47. The van der Waals surface area contributed by atoms with Gasteiger partial charge in [0.1, 0.15) is 0 Å². The van der Waals surface area contributed by atoms with Crippen LogP contribution >= 0.6 is 12.4 Å². The monoisotopic (exact) mass is 370 g/mol. The van der Waals surface area contributed by atoms with Crippen LogP contribution < -0.4 is 24.8 Å². The zero-order chi connectivity index (χ0) is 17.2. The molecule has 1 saturated heterocycles. The van der Waals surface area contributed by atoms with Gasteiger partial charge in [-0.3, -0.25) is 4.79 Å². The summed E-state index contributed by atoms with van der Waals surface area (Å²) in [6.45, 7) is 1.69. The number of benzene rings is 1. The van der Waals surface area contributed by atoms with E-state index in [1.807, 2.05) is 0 Å². The van der Waals surface area contributed by atoms with Gasteiger partial charge in [0.25, 0.3) is 0 Å². The molecule has 7 heteroatoms. The molecule has 1 saturated carbocycles. The minimum Gasteiger partial charge on any atom is -0.493 e. The van der Waals surface area contributed by atoms with E-state index in [4.69, 9.17) is 14.2 Å². The quantitative estimate of drug-likeness (QED) is 0.834. The zero-order valence-electron chi connectivity index (χ0n) is 15.0. The molecule has 0 spiro atoms. The summed E-state index contributed by atoms with van der Waals surface area (Å²) in [5.41, 5.74) is 0.374. The van der Waals surface area contributed by atoms with Gasteiger partial charge in [0.15, 0.2) is 11.5 Å². The number of rotatable bonds is 5. The SMILES string of the molecule is COc1cc(NC(=O)[C@@]23CCCC[C@H]2CNC3)cc(OC)c1OC.Cl. The molecule has 0 radical (unpaired) electrons. The van der Waals surface area contributed by atoms with Gasteiger partial charge in [0.2, 0.25) is 11.7 Å². The van der Waals surface area contributed by atoms with E-state index in [-0.39, 0.29) is 23.7 Å². The molecule has 0 unspecified atom stereocenters. The van der Waals surface area contributed by atoms with Crippen molar-refractivity contribution >= 4 is 24.0 Å². The van der Waals surface area contributed by atoms with Crippen LogP contribution in [-0.2, 0) is 4.79 Å². The molecule has 2 N–H and O–H groups in total. The molecule has 6 nitrogen and oxygen atoms in total. The first-order valence-electron chi connectivity index (χ1n) is 8.47. The highest BCUT2D eigenvalue weighted by Crippen LogP contribution is 2.45. The number of fused-ring (bicyclic) bond motifs is 1. The third kappa shape index (κ3) is 3.51. The van der Waals surface area contributed by atoms with E-state index in [0.29, 0.717) is 28.9 Å². The molecule has 140 valence electrons. The van der Waals surface area contributed by atoms with Crippen molar-refractivity contribution in [3.8, 4) is 17.2 Å². The van der Waals surface area contributed by atoms with Crippen LogP contribution in [0.25, 0.3) is 0 Å². The smallest absolute Gasteiger partial charge is 0.232 e. The number of carbonyl (C=O) groups excluding carboxylic acids is 1. The lowest BCUT2D eigenvalue weighted by Crippen LogP contribution is -2.44. The second-order valence-corrected chi connectivity index (χ2v) is 6.60. The van der Waals surface area contributed by atoms with Crippen molar-refractivity contribution in [3.05, 3.63) is 12.1 Å². The second kappa shape index (κ2) is 8.15. The van der Waals surface area contributed by atoms with Crippen molar-refractivity contribution in [1.29, 1.82) is 0 Å². The van der Waals surface area contributed by atoms with Gasteiger partial charge in [0.05, 0.1) is 26.7 Å². The van der Waals surface area contributed by atoms with Crippen LogP contribution in [0.1, 0.15) is 25.7 Å². The van der Waals surface area contributed by atoms with E-state index in [1.54, 1.807) is 33.5 Å². The predicted octanol–water partition coefficient (Wildman–Crippen LogP) is 2.85. The van der Waals surface area contributed by atoms with E-state index < -0.39 is 0 Å². The molecule has 1 aromatic rings. The molecule has 1 aromatic carbocycles. The largest absolute Gasteiger partial charge is 0.493 e. The molecular weight excluding hydrogens is 344 g/mol. The van der Waals surface area contributed by atoms with Crippen LogP contribution in [-0.4, -0.2) is 40.3 Å². The molecule has 3 rings (SSSR count). The number of nitrogens with one attached hydrogen (secondary N) is 2. The number of carbonyl (C=O) groups is 1. The van der Waals surface area contributed by atoms with Crippen LogP contribution in [0.3, 0.4) is 0 Å². The van der Waals surface area contributed by atoms with E-state index in [1.165, 1.54) is 6.42 Å². The van der Waals surface area contributed by atoms with Crippen LogP contribution in [0.5, 0.6) is 17.2 Å². The lowest BCUT2D eigenvalue weighted by molar-refractivity contribution is -0.128. The summed E-state index contributed by atoms with van der Waals surface area (Å²) in [5, 5.41) is 6.48. The molecule has 1 aliphatic heterocycles. The highest BCUT2D eigenvalue weighted by atomic mass is 35.5. The van der Waals surface area contributed by atoms with E-state index >= 15 is 0 Å². The molecule has 0 bridgehead atoms. The number of hydrogen-bond donors (Lipinski definition) is 2. The van der Waals surface area contributed by atoms with Crippen molar-refractivity contribution in [3.63, 3.8) is 0 Å². The minimum atomic E-state index is -0.293. The summed E-state index contributed by atoms with van der Waals surface area (Å²) in [6.07, 6.45) is 4.39. The van der Waals surface area contributed by atoms with Crippen molar-refractivity contribution in [2.45, 2.75) is 25.7 Å². The Morgan fingerprint density at radius 1 is 1.16 bits per heavy atom. The lowest BCUT2D eigenvalue weighted by Gasteiger charge is -2.37. The number of ether oxygens (including phenoxy) is 3. The van der Waals surface area contributed by atoms with Crippen molar-refractivity contribution in [2.75, 3.05) is 39.7 Å². The fraction of sp³-hybridized carbons (Fsp3) is 0.611. The summed E-state index contributed by atoms with van der Waals surface area (Å²) in [7, 11) is 4.70. The molecular formula is C18H27ClN2O4. The highest BCUT2D eigenvalue weighted by Gasteiger charge is 2.49. The van der Waals surface area contributed by atoms with Crippen LogP contribution in [0, 0.1) is 11.3 Å². The average molecular weight is 371 g/mol. The standard InChI is InChI=1S/C18H26N2O4.ClH/c1-22-14-8-13(9-15(23-2)16(14)24-3)20-17(21)18-7-5-4-6-12(18)10-19-11-18;/h8-9,12,19H,4-7,10-11H2,1-3H3,(H,20,21);1H/t12-,18+;/m0./s1. The van der Waals surface area contributed by atoms with Gasteiger partial charge < -0.3 is 24.8 Å². The highest BCUT2D eigenvalue weighted by molar-refractivity contribution is 5.96. The Balaban J connectivity index is 0.00000225. The maximum atomic E-state index is 13.1. The predicted molar refractivity (Wildman–Crippen MR) is 99.2 cm³/mol. The average Bonchev–Trinajstić information content (AvgIpc) is 3.06. The fourth-order valence-corrected chi connectivity index (χ4v) is 4.10. The maximum absolute atomic E-state index is 13.1. The summed E-state index contributed by atoms with van der Waals surface area (Å²) >= 11 is 0. The van der Waals surface area contributed by atoms with Crippen LogP contribution in [0.4, 0.5) is 5.69 Å². The van der Waals surface area contributed by atoms with Gasteiger partial charge in [-0.1, -0.05) is 12.8 Å². The molecule has 1 amide bonds. The third-order valence-electron chi connectivity index (χ3n) is 5.41. The Kier molecular flexibility index (Phi) is 6.41. The Labute approximate surface area is 155 Å². The Morgan fingerprint density at radius 3 is 2.44 bits per heavy atom. The fourth-order valence-electron chi connectivity index (χ4n) is 4.10. The molecule has 2 atom stereocenters. The Morgan fingerprint density at radius 2 is 1.84 bits per heavy atom. The third-order valence-corrected chi connectivity index (χ3v) is 5.41. The second-order valence-electron chi connectivity index (χ2n) is 6.60. The van der Waals surface area contributed by atoms with Crippen molar-refractivity contribution in [1.82, 2.24) is 5.32 Å². The van der Waals surface area contributed by atoms with E-state index in [0.717, 1.165) is 32.4 Å². The molecule has 1 aliphatic carbocycles. The van der Waals surface area contributed by atoms with E-state index in [2.05, 4.69) is 10.6 Å². The zero-order valence-corrected chi connectivity index (χ0v) is 15.8. The number of methoxy groups -OCH3 is 3. The maximum Gasteiger partial charge on any atom is 0.232 e. The minimum absolute atomic E-state index is 0. The number of hydrogen-bond acceptors (Lipinski definition) is 5. The molecule has 2 fully saturated rings. The van der Waals surface area contributed by atoms with Gasteiger partial charge in [-0.2, -0.15) is 0 Å². The normalized spacial score (nSPS) is 24.7. The molecule has 1 heterocycles. The summed E-state index contributed by atoms with van der Waals surface area (Å²) in [4.78, 5) is 13.1. The number of halogens is 1. The number of amides is 1. The summed E-state index contributed by atoms with van der Waals surface area (Å²) in [6, 6.07) is 3.55. The Hall–Kier alpha value is -1.66. The lowest BCUT2D eigenvalue weighted by atomic mass is 9.67. The topological polar surface area (TPSA) is 68.8 Å². The first kappa shape index (κ1) is 19.7. The van der Waals surface area contributed by atoms with Crippen LogP contribution in [0.2, 0.25) is 0 Å².